The highest BCUT2D eigenvalue weighted by Crippen LogP contribution is 2.30. The quantitative estimate of drug-likeness (QED) is 0.481. The van der Waals surface area contributed by atoms with Crippen LogP contribution in [0.5, 0.6) is 0 Å². The van der Waals surface area contributed by atoms with Crippen LogP contribution < -0.4 is 9.80 Å². The van der Waals surface area contributed by atoms with Gasteiger partial charge in [0.25, 0.3) is 0 Å². The van der Waals surface area contributed by atoms with Gasteiger partial charge in [-0.05, 0) is 48.6 Å². The molecular formula is C26H27FN2O. The minimum Gasteiger partial charge on any atom is -0.362 e. The van der Waals surface area contributed by atoms with Gasteiger partial charge in [0, 0.05) is 25.3 Å². The molecule has 4 heteroatoms. The van der Waals surface area contributed by atoms with Crippen LogP contribution in [-0.2, 0) is 17.9 Å². The van der Waals surface area contributed by atoms with E-state index in [0.717, 1.165) is 48.9 Å². The second kappa shape index (κ2) is 9.57. The zero-order valence-corrected chi connectivity index (χ0v) is 17.1. The number of rotatable bonds is 7. The Hall–Kier alpha value is -3.14. The predicted molar refractivity (Wildman–Crippen MR) is 120 cm³/mol. The molecule has 1 saturated heterocycles. The zero-order valence-electron chi connectivity index (χ0n) is 17.1. The molecule has 0 bridgehead atoms. The number of piperidine rings is 1. The number of hydrogen-bond acceptors (Lipinski definition) is 3. The lowest BCUT2D eigenvalue weighted by Gasteiger charge is -2.35. The Balaban J connectivity index is 1.63. The Morgan fingerprint density at radius 3 is 2.10 bits per heavy atom. The van der Waals surface area contributed by atoms with E-state index in [2.05, 4.69) is 29.2 Å². The topological polar surface area (TPSA) is 23.6 Å². The third kappa shape index (κ3) is 4.70. The van der Waals surface area contributed by atoms with Crippen molar-refractivity contribution in [2.24, 2.45) is 0 Å². The molecule has 1 aliphatic rings. The summed E-state index contributed by atoms with van der Waals surface area (Å²) in [6.45, 7) is 2.03. The van der Waals surface area contributed by atoms with E-state index in [9.17, 15) is 4.79 Å². The molecule has 0 aromatic heterocycles. The lowest BCUT2D eigenvalue weighted by atomic mass is 10.0. The van der Waals surface area contributed by atoms with Crippen molar-refractivity contribution in [1.29, 1.82) is 0 Å². The maximum atomic E-state index is 15.3. The fraction of sp³-hybridized carbons (Fsp3) is 0.269. The van der Waals surface area contributed by atoms with Crippen LogP contribution in [0.2, 0.25) is 0 Å². The van der Waals surface area contributed by atoms with Gasteiger partial charge >= 0.3 is 0 Å². The molecule has 0 spiro atoms. The monoisotopic (exact) mass is 402 g/mol. The van der Waals surface area contributed by atoms with E-state index in [1.165, 1.54) is 0 Å². The Morgan fingerprint density at radius 1 is 0.900 bits per heavy atom. The SMILES string of the molecule is O=CC1CCCCN1c1ccc(N(Cc2ccccc2)Cc2ccccc2)c(F)c1. The van der Waals surface area contributed by atoms with Crippen molar-refractivity contribution in [1.82, 2.24) is 0 Å². The third-order valence-corrected chi connectivity index (χ3v) is 5.74. The third-order valence-electron chi connectivity index (χ3n) is 5.74. The Labute approximate surface area is 177 Å². The van der Waals surface area contributed by atoms with Crippen LogP contribution in [0.25, 0.3) is 0 Å². The number of aldehydes is 1. The van der Waals surface area contributed by atoms with Crippen LogP contribution in [0.1, 0.15) is 30.4 Å². The van der Waals surface area contributed by atoms with E-state index in [0.29, 0.717) is 18.8 Å². The van der Waals surface area contributed by atoms with Crippen molar-refractivity contribution in [3.05, 3.63) is 95.8 Å². The van der Waals surface area contributed by atoms with Crippen molar-refractivity contribution in [2.45, 2.75) is 38.4 Å². The Bertz CT molecular complexity index is 920. The highest BCUT2D eigenvalue weighted by molar-refractivity contribution is 5.68. The van der Waals surface area contributed by atoms with Gasteiger partial charge in [-0.3, -0.25) is 0 Å². The molecular weight excluding hydrogens is 375 g/mol. The van der Waals surface area contributed by atoms with Crippen LogP contribution in [0, 0.1) is 5.82 Å². The summed E-state index contributed by atoms with van der Waals surface area (Å²) < 4.78 is 15.3. The molecule has 0 radical (unpaired) electrons. The van der Waals surface area contributed by atoms with E-state index in [1.54, 1.807) is 6.07 Å². The standard InChI is InChI=1S/C26H27FN2O/c27-25-17-23(29-16-8-7-13-24(29)20-30)14-15-26(25)28(18-21-9-3-1-4-10-21)19-22-11-5-2-6-12-22/h1-6,9-12,14-15,17,20,24H,7-8,13,16,18-19H2. The summed E-state index contributed by atoms with van der Waals surface area (Å²) in [7, 11) is 0. The van der Waals surface area contributed by atoms with Gasteiger partial charge in [0.1, 0.15) is 12.1 Å². The van der Waals surface area contributed by atoms with Gasteiger partial charge in [0.05, 0.1) is 11.7 Å². The molecule has 0 amide bonds. The van der Waals surface area contributed by atoms with Crippen LogP contribution in [0.15, 0.2) is 78.9 Å². The number of benzene rings is 3. The van der Waals surface area contributed by atoms with Crippen molar-refractivity contribution < 1.29 is 9.18 Å². The molecule has 1 unspecified atom stereocenters. The summed E-state index contributed by atoms with van der Waals surface area (Å²) in [6.07, 6.45) is 3.90. The Morgan fingerprint density at radius 2 is 1.53 bits per heavy atom. The maximum Gasteiger partial charge on any atom is 0.148 e. The first-order valence-electron chi connectivity index (χ1n) is 10.6. The van der Waals surface area contributed by atoms with E-state index >= 15 is 4.39 Å². The summed E-state index contributed by atoms with van der Waals surface area (Å²) in [5, 5.41) is 0. The van der Waals surface area contributed by atoms with Crippen molar-refractivity contribution in [2.75, 3.05) is 16.3 Å². The lowest BCUT2D eigenvalue weighted by Crippen LogP contribution is -2.40. The fourth-order valence-corrected chi connectivity index (χ4v) is 4.18. The van der Waals surface area contributed by atoms with E-state index < -0.39 is 0 Å². The number of carbonyl (C=O) groups excluding carboxylic acids is 1. The summed E-state index contributed by atoms with van der Waals surface area (Å²) in [4.78, 5) is 15.6. The van der Waals surface area contributed by atoms with Gasteiger partial charge in [-0.15, -0.1) is 0 Å². The minimum atomic E-state index is -0.255. The maximum absolute atomic E-state index is 15.3. The minimum absolute atomic E-state index is 0.159. The van der Waals surface area contributed by atoms with Gasteiger partial charge in [-0.1, -0.05) is 60.7 Å². The van der Waals surface area contributed by atoms with Crippen LogP contribution in [-0.4, -0.2) is 18.9 Å². The normalized spacial score (nSPS) is 16.3. The van der Waals surface area contributed by atoms with Crippen LogP contribution in [0.3, 0.4) is 0 Å². The lowest BCUT2D eigenvalue weighted by molar-refractivity contribution is -0.109. The molecule has 1 atom stereocenters. The molecule has 30 heavy (non-hydrogen) atoms. The van der Waals surface area contributed by atoms with Crippen molar-refractivity contribution in [3.63, 3.8) is 0 Å². The van der Waals surface area contributed by atoms with Crippen LogP contribution >= 0.6 is 0 Å². The molecule has 3 aromatic rings. The summed E-state index contributed by atoms with van der Waals surface area (Å²) in [5.74, 6) is -0.255. The smallest absolute Gasteiger partial charge is 0.148 e. The number of carbonyl (C=O) groups is 1. The predicted octanol–water partition coefficient (Wildman–Crippen LogP) is 5.59. The molecule has 0 N–H and O–H groups in total. The number of nitrogens with zero attached hydrogens (tertiary/aromatic N) is 2. The van der Waals surface area contributed by atoms with Gasteiger partial charge < -0.3 is 14.6 Å². The average Bonchev–Trinajstić information content (AvgIpc) is 2.80. The molecule has 0 saturated carbocycles. The van der Waals surface area contributed by atoms with Gasteiger partial charge in [0.15, 0.2) is 0 Å². The van der Waals surface area contributed by atoms with E-state index in [-0.39, 0.29) is 11.9 Å². The highest BCUT2D eigenvalue weighted by Gasteiger charge is 2.23. The largest absolute Gasteiger partial charge is 0.362 e. The second-order valence-corrected chi connectivity index (χ2v) is 7.86. The van der Waals surface area contributed by atoms with E-state index in [4.69, 9.17) is 0 Å². The Kier molecular flexibility index (Phi) is 6.43. The molecule has 154 valence electrons. The second-order valence-electron chi connectivity index (χ2n) is 7.86. The molecule has 3 aromatic carbocycles. The first-order valence-corrected chi connectivity index (χ1v) is 10.6. The number of halogens is 1. The highest BCUT2D eigenvalue weighted by atomic mass is 19.1. The van der Waals surface area contributed by atoms with E-state index in [1.807, 2.05) is 53.4 Å². The van der Waals surface area contributed by atoms with Crippen LogP contribution in [0.4, 0.5) is 15.8 Å². The summed E-state index contributed by atoms with van der Waals surface area (Å²) >= 11 is 0. The number of hydrogen-bond donors (Lipinski definition) is 0. The van der Waals surface area contributed by atoms with Gasteiger partial charge in [0.2, 0.25) is 0 Å². The molecule has 1 aliphatic heterocycles. The van der Waals surface area contributed by atoms with Gasteiger partial charge in [-0.25, -0.2) is 4.39 Å². The summed E-state index contributed by atoms with van der Waals surface area (Å²) in [5.41, 5.74) is 3.63. The van der Waals surface area contributed by atoms with Gasteiger partial charge in [-0.2, -0.15) is 0 Å². The average molecular weight is 403 g/mol. The first-order chi connectivity index (χ1) is 14.7. The zero-order chi connectivity index (χ0) is 20.8. The molecule has 0 aliphatic carbocycles. The van der Waals surface area contributed by atoms with Crippen molar-refractivity contribution in [3.8, 4) is 0 Å². The molecule has 1 fully saturated rings. The number of anilines is 2. The first kappa shape index (κ1) is 20.1. The van der Waals surface area contributed by atoms with Crippen molar-refractivity contribution >= 4 is 17.7 Å². The molecule has 1 heterocycles. The molecule has 3 nitrogen and oxygen atoms in total. The summed E-state index contributed by atoms with van der Waals surface area (Å²) in [6, 6.07) is 25.5. The molecule has 4 rings (SSSR count). The fourth-order valence-electron chi connectivity index (χ4n) is 4.18.